The van der Waals surface area contributed by atoms with Crippen molar-refractivity contribution in [3.05, 3.63) is 120 Å². The molecule has 0 radical (unpaired) electrons. The van der Waals surface area contributed by atoms with Gasteiger partial charge in [-0.05, 0) is 56.0 Å². The van der Waals surface area contributed by atoms with Gasteiger partial charge in [0.15, 0.2) is 4.80 Å². The summed E-state index contributed by atoms with van der Waals surface area (Å²) in [6.45, 7) is 12.2. The van der Waals surface area contributed by atoms with Gasteiger partial charge < -0.3 is 14.4 Å². The maximum absolute atomic E-state index is 14.3. The van der Waals surface area contributed by atoms with Crippen molar-refractivity contribution in [3.8, 4) is 5.75 Å². The lowest BCUT2D eigenvalue weighted by atomic mass is 9.91. The molecule has 5 rings (SSSR count). The molecule has 0 unspecified atom stereocenters. The first-order chi connectivity index (χ1) is 21.3. The highest BCUT2D eigenvalue weighted by molar-refractivity contribution is 7.07. The van der Waals surface area contributed by atoms with Crippen LogP contribution >= 0.6 is 11.3 Å². The third-order valence-corrected chi connectivity index (χ3v) is 8.91. The Morgan fingerprint density at radius 3 is 2.34 bits per heavy atom. The van der Waals surface area contributed by atoms with E-state index >= 15 is 0 Å². The minimum atomic E-state index is -0.712. The van der Waals surface area contributed by atoms with Crippen LogP contribution in [0.3, 0.4) is 0 Å². The molecule has 0 saturated heterocycles. The normalized spacial score (nSPS) is 14.8. The van der Waals surface area contributed by atoms with Gasteiger partial charge in [0, 0.05) is 36.0 Å². The van der Waals surface area contributed by atoms with Crippen molar-refractivity contribution in [2.24, 2.45) is 4.99 Å². The standard InChI is InChI=1S/C36H39N3O4S/c1-7-38(8-2)28-20-19-27(29(22-28)42-6)21-30-34(40)39-33(26-17-15-24(16-18-26)23(4)5)31(35(41)43-9-3)32(37-36(39)44-30)25-13-11-10-12-14-25/h10-23,33H,7-9H2,1-6H3/b30-21-/t33-/m0/s1. The van der Waals surface area contributed by atoms with Crippen LogP contribution in [0, 0.1) is 0 Å². The number of rotatable bonds is 10. The molecule has 0 N–H and O–H groups in total. The molecule has 0 fully saturated rings. The first-order valence-corrected chi connectivity index (χ1v) is 15.9. The minimum absolute atomic E-state index is 0.205. The first kappa shape index (κ1) is 31.0. The molecule has 8 heteroatoms. The van der Waals surface area contributed by atoms with Gasteiger partial charge >= 0.3 is 5.97 Å². The van der Waals surface area contributed by atoms with Crippen molar-refractivity contribution in [2.45, 2.75) is 46.6 Å². The molecule has 7 nitrogen and oxygen atoms in total. The number of hydrogen-bond donors (Lipinski definition) is 0. The third-order valence-electron chi connectivity index (χ3n) is 7.92. The number of anilines is 1. The molecule has 44 heavy (non-hydrogen) atoms. The molecule has 1 aliphatic rings. The van der Waals surface area contributed by atoms with Gasteiger partial charge in [-0.25, -0.2) is 9.79 Å². The number of hydrogen-bond acceptors (Lipinski definition) is 7. The van der Waals surface area contributed by atoms with Gasteiger partial charge in [0.05, 0.1) is 35.6 Å². The Labute approximate surface area is 262 Å². The van der Waals surface area contributed by atoms with E-state index in [0.29, 0.717) is 32.3 Å². The fraction of sp³-hybridized carbons (Fsp3) is 0.306. The number of benzene rings is 3. The topological polar surface area (TPSA) is 73.1 Å². The second kappa shape index (κ2) is 13.5. The molecule has 0 aliphatic carbocycles. The second-order valence-electron chi connectivity index (χ2n) is 10.9. The van der Waals surface area contributed by atoms with Crippen LogP contribution in [0.2, 0.25) is 0 Å². The van der Waals surface area contributed by atoms with E-state index in [0.717, 1.165) is 35.5 Å². The number of thiazole rings is 1. The predicted molar refractivity (Wildman–Crippen MR) is 178 cm³/mol. The number of aromatic nitrogens is 1. The van der Waals surface area contributed by atoms with E-state index in [1.807, 2.05) is 66.7 Å². The van der Waals surface area contributed by atoms with Crippen molar-refractivity contribution in [1.29, 1.82) is 0 Å². The van der Waals surface area contributed by atoms with Crippen molar-refractivity contribution < 1.29 is 14.3 Å². The Morgan fingerprint density at radius 2 is 1.73 bits per heavy atom. The van der Waals surface area contributed by atoms with E-state index in [9.17, 15) is 9.59 Å². The van der Waals surface area contributed by atoms with Gasteiger partial charge in [-0.1, -0.05) is 79.8 Å². The van der Waals surface area contributed by atoms with Crippen LogP contribution in [0.5, 0.6) is 5.75 Å². The lowest BCUT2D eigenvalue weighted by molar-refractivity contribution is -0.138. The Hall–Kier alpha value is -4.43. The molecule has 0 spiro atoms. The molecule has 228 valence electrons. The van der Waals surface area contributed by atoms with Crippen molar-refractivity contribution in [1.82, 2.24) is 4.57 Å². The largest absolute Gasteiger partial charge is 0.496 e. The average Bonchev–Trinajstić information content (AvgIpc) is 3.36. The minimum Gasteiger partial charge on any atom is -0.496 e. The van der Waals surface area contributed by atoms with Gasteiger partial charge in [0.1, 0.15) is 5.75 Å². The van der Waals surface area contributed by atoms with Gasteiger partial charge in [-0.2, -0.15) is 0 Å². The van der Waals surface area contributed by atoms with E-state index in [1.54, 1.807) is 18.6 Å². The molecule has 0 saturated carbocycles. The number of ether oxygens (including phenoxy) is 2. The molecule has 0 bridgehead atoms. The zero-order valence-corrected chi connectivity index (χ0v) is 27.0. The van der Waals surface area contributed by atoms with Gasteiger partial charge in [0.25, 0.3) is 5.56 Å². The van der Waals surface area contributed by atoms with E-state index in [1.165, 1.54) is 16.9 Å². The molecule has 2 heterocycles. The van der Waals surface area contributed by atoms with Crippen LogP contribution in [0.1, 0.15) is 68.8 Å². The Morgan fingerprint density at radius 1 is 1.02 bits per heavy atom. The average molecular weight is 610 g/mol. The quantitative estimate of drug-likeness (QED) is 0.209. The van der Waals surface area contributed by atoms with Crippen molar-refractivity contribution >= 4 is 34.8 Å². The van der Waals surface area contributed by atoms with Gasteiger partial charge in [-0.3, -0.25) is 9.36 Å². The summed E-state index contributed by atoms with van der Waals surface area (Å²) in [6.07, 6.45) is 1.85. The number of methoxy groups -OCH3 is 1. The Bertz CT molecular complexity index is 1850. The lowest BCUT2D eigenvalue weighted by Gasteiger charge is -2.26. The summed E-state index contributed by atoms with van der Waals surface area (Å²) in [7, 11) is 1.64. The van der Waals surface area contributed by atoms with Crippen LogP contribution in [0.4, 0.5) is 5.69 Å². The third kappa shape index (κ3) is 5.99. The zero-order chi connectivity index (χ0) is 31.4. The SMILES string of the molecule is CCOC(=O)C1=C(c2ccccc2)N=c2s/c(=C\c3ccc(N(CC)CC)cc3OC)c(=O)n2[C@H]1c1ccc(C(C)C)cc1. The fourth-order valence-corrected chi connectivity index (χ4v) is 6.56. The molecule has 4 aromatic rings. The Kier molecular flexibility index (Phi) is 9.49. The number of fused-ring (bicyclic) bond motifs is 1. The molecule has 1 aromatic heterocycles. The highest BCUT2D eigenvalue weighted by Crippen LogP contribution is 2.35. The molecule has 3 aromatic carbocycles. The molecular formula is C36H39N3O4S. The van der Waals surface area contributed by atoms with Crippen LogP contribution in [0.25, 0.3) is 11.8 Å². The van der Waals surface area contributed by atoms with E-state index < -0.39 is 12.0 Å². The molecular weight excluding hydrogens is 570 g/mol. The number of esters is 1. The van der Waals surface area contributed by atoms with Crippen LogP contribution in [-0.2, 0) is 9.53 Å². The fourth-order valence-electron chi connectivity index (χ4n) is 5.56. The van der Waals surface area contributed by atoms with Crippen LogP contribution in [-0.4, -0.2) is 37.3 Å². The molecule has 1 aliphatic heterocycles. The number of nitrogens with zero attached hydrogens (tertiary/aromatic N) is 3. The molecule has 0 amide bonds. The molecule has 1 atom stereocenters. The summed E-state index contributed by atoms with van der Waals surface area (Å²) in [4.78, 5) is 35.7. The van der Waals surface area contributed by atoms with E-state index in [4.69, 9.17) is 14.5 Å². The van der Waals surface area contributed by atoms with Crippen molar-refractivity contribution in [2.75, 3.05) is 31.7 Å². The monoisotopic (exact) mass is 609 g/mol. The predicted octanol–water partition coefficient (Wildman–Crippen LogP) is 5.91. The second-order valence-corrected chi connectivity index (χ2v) is 11.9. The van der Waals surface area contributed by atoms with E-state index in [-0.39, 0.29) is 12.2 Å². The van der Waals surface area contributed by atoms with Gasteiger partial charge in [0.2, 0.25) is 0 Å². The van der Waals surface area contributed by atoms with Crippen LogP contribution in [0.15, 0.2) is 88.2 Å². The highest BCUT2D eigenvalue weighted by atomic mass is 32.1. The van der Waals surface area contributed by atoms with Crippen molar-refractivity contribution in [3.63, 3.8) is 0 Å². The summed E-state index contributed by atoms with van der Waals surface area (Å²) in [5.74, 6) is 0.531. The zero-order valence-electron chi connectivity index (χ0n) is 26.2. The smallest absolute Gasteiger partial charge is 0.338 e. The maximum atomic E-state index is 14.3. The lowest BCUT2D eigenvalue weighted by Crippen LogP contribution is -2.40. The summed E-state index contributed by atoms with van der Waals surface area (Å²) >= 11 is 1.30. The maximum Gasteiger partial charge on any atom is 0.338 e. The summed E-state index contributed by atoms with van der Waals surface area (Å²) in [5.41, 5.74) is 5.25. The number of carbonyl (C=O) groups excluding carboxylic acids is 1. The summed E-state index contributed by atoms with van der Waals surface area (Å²) in [6, 6.07) is 23.0. The van der Waals surface area contributed by atoms with E-state index in [2.05, 4.69) is 44.7 Å². The Balaban J connectivity index is 1.77. The number of carbonyl (C=O) groups is 1. The summed E-state index contributed by atoms with van der Waals surface area (Å²) in [5, 5.41) is 0. The highest BCUT2D eigenvalue weighted by Gasteiger charge is 2.35. The van der Waals surface area contributed by atoms with Crippen LogP contribution < -0.4 is 24.5 Å². The summed E-state index contributed by atoms with van der Waals surface area (Å²) < 4.78 is 13.5. The first-order valence-electron chi connectivity index (χ1n) is 15.1. The van der Waals surface area contributed by atoms with Gasteiger partial charge in [-0.15, -0.1) is 0 Å².